The maximum Gasteiger partial charge on any atom is 0.410 e. The molecule has 1 atom stereocenters. The Morgan fingerprint density at radius 3 is 2.55 bits per heavy atom. The van der Waals surface area contributed by atoms with E-state index in [4.69, 9.17) is 4.74 Å². The van der Waals surface area contributed by atoms with E-state index in [0.717, 1.165) is 5.56 Å². The summed E-state index contributed by atoms with van der Waals surface area (Å²) in [6.45, 7) is 8.70. The monoisotopic (exact) mass is 324 g/mol. The molecule has 1 amide bonds. The van der Waals surface area contributed by atoms with Crippen molar-refractivity contribution in [1.29, 1.82) is 0 Å². The molecular weight excluding hydrogens is 300 g/mol. The van der Waals surface area contributed by atoms with Crippen LogP contribution in [0, 0.1) is 6.92 Å². The Morgan fingerprint density at radius 2 is 2.00 bits per heavy atom. The van der Waals surface area contributed by atoms with Crippen molar-refractivity contribution in [2.45, 2.75) is 56.4 Å². The summed E-state index contributed by atoms with van der Waals surface area (Å²) in [6.07, 6.45) is 2.83. The van der Waals surface area contributed by atoms with E-state index < -0.39 is 16.4 Å². The van der Waals surface area contributed by atoms with Gasteiger partial charge in [-0.25, -0.2) is 9.78 Å². The minimum atomic E-state index is -1.12. The van der Waals surface area contributed by atoms with Crippen LogP contribution in [0.15, 0.2) is 23.4 Å². The molecule has 22 heavy (non-hydrogen) atoms. The maximum atomic E-state index is 12.6. The van der Waals surface area contributed by atoms with Gasteiger partial charge in [-0.15, -0.1) is 0 Å². The van der Waals surface area contributed by atoms with Crippen molar-refractivity contribution in [2.24, 2.45) is 0 Å². The first-order chi connectivity index (χ1) is 10.3. The molecule has 122 valence electrons. The highest BCUT2D eigenvalue weighted by Crippen LogP contribution is 2.22. The fraction of sp³-hybridized carbons (Fsp3) is 0.625. The zero-order valence-electron chi connectivity index (χ0n) is 13.7. The highest BCUT2D eigenvalue weighted by molar-refractivity contribution is 7.85. The second kappa shape index (κ2) is 6.77. The van der Waals surface area contributed by atoms with Crippen LogP contribution in [0.25, 0.3) is 0 Å². The highest BCUT2D eigenvalue weighted by atomic mass is 32.2. The zero-order valence-corrected chi connectivity index (χ0v) is 14.5. The Balaban J connectivity index is 1.92. The van der Waals surface area contributed by atoms with Crippen LogP contribution in [-0.2, 0) is 15.5 Å². The summed E-state index contributed by atoms with van der Waals surface area (Å²) in [4.78, 5) is 17.9. The molecule has 5 nitrogen and oxygen atoms in total. The van der Waals surface area contributed by atoms with Gasteiger partial charge < -0.3 is 9.64 Å². The lowest BCUT2D eigenvalue weighted by Gasteiger charge is -2.32. The van der Waals surface area contributed by atoms with Gasteiger partial charge in [0, 0.05) is 24.5 Å². The molecule has 1 aliphatic rings. The molecule has 6 heteroatoms. The quantitative estimate of drug-likeness (QED) is 0.839. The van der Waals surface area contributed by atoms with Crippen molar-refractivity contribution < 1.29 is 13.7 Å². The molecule has 0 aromatic carbocycles. The van der Waals surface area contributed by atoms with Crippen molar-refractivity contribution in [3.05, 3.63) is 23.9 Å². The van der Waals surface area contributed by atoms with Crippen molar-refractivity contribution in [1.82, 2.24) is 9.88 Å². The number of piperidine rings is 1. The van der Waals surface area contributed by atoms with E-state index in [-0.39, 0.29) is 11.3 Å². The van der Waals surface area contributed by atoms with Crippen LogP contribution < -0.4 is 0 Å². The summed E-state index contributed by atoms with van der Waals surface area (Å²) >= 11 is 0. The first kappa shape index (κ1) is 16.9. The second-order valence-corrected chi connectivity index (χ2v) is 8.32. The van der Waals surface area contributed by atoms with Crippen LogP contribution in [-0.4, -0.2) is 44.1 Å². The Bertz CT molecular complexity index is 561. The Kier molecular flexibility index (Phi) is 5.21. The number of rotatable bonds is 2. The van der Waals surface area contributed by atoms with Gasteiger partial charge in [0.05, 0.1) is 10.8 Å². The van der Waals surface area contributed by atoms with Crippen LogP contribution in [0.1, 0.15) is 39.2 Å². The first-order valence-electron chi connectivity index (χ1n) is 7.57. The average molecular weight is 324 g/mol. The Labute approximate surface area is 134 Å². The molecule has 2 rings (SSSR count). The second-order valence-electron chi connectivity index (χ2n) is 6.64. The van der Waals surface area contributed by atoms with E-state index in [2.05, 4.69) is 4.98 Å². The van der Waals surface area contributed by atoms with E-state index in [9.17, 15) is 9.00 Å². The number of carbonyl (C=O) groups excluding carboxylic acids is 1. The number of pyridine rings is 1. The minimum absolute atomic E-state index is 0.0491. The van der Waals surface area contributed by atoms with E-state index in [1.165, 1.54) is 0 Å². The van der Waals surface area contributed by atoms with Gasteiger partial charge in [-0.2, -0.15) is 0 Å². The average Bonchev–Trinajstić information content (AvgIpc) is 2.45. The number of aryl methyl sites for hydroxylation is 1. The normalized spacial score (nSPS) is 18.1. The molecule has 1 aromatic heterocycles. The summed E-state index contributed by atoms with van der Waals surface area (Å²) in [5, 5.41) is 0.684. The van der Waals surface area contributed by atoms with Crippen molar-refractivity contribution in [2.75, 3.05) is 13.1 Å². The van der Waals surface area contributed by atoms with E-state index in [0.29, 0.717) is 31.0 Å². The van der Waals surface area contributed by atoms with Crippen LogP contribution in [0.2, 0.25) is 0 Å². The van der Waals surface area contributed by atoms with E-state index >= 15 is 0 Å². The Hall–Kier alpha value is -1.43. The molecule has 1 saturated heterocycles. The lowest BCUT2D eigenvalue weighted by molar-refractivity contribution is 0.0218. The molecule has 1 aromatic rings. The molecule has 0 radical (unpaired) electrons. The van der Waals surface area contributed by atoms with Crippen LogP contribution in [0.5, 0.6) is 0 Å². The molecule has 0 N–H and O–H groups in total. The SMILES string of the molecule is Cc1ccnc([S@@](=O)C2CCN(C(=O)OC(C)(C)C)CC2)c1. The molecular formula is C16H24N2O3S. The van der Waals surface area contributed by atoms with Gasteiger partial charge in [0.25, 0.3) is 0 Å². The first-order valence-corrected chi connectivity index (χ1v) is 8.79. The predicted octanol–water partition coefficient (Wildman–Crippen LogP) is 2.90. The number of amides is 1. The molecule has 0 unspecified atom stereocenters. The lowest BCUT2D eigenvalue weighted by Crippen LogP contribution is -2.43. The number of hydrogen-bond donors (Lipinski definition) is 0. The molecule has 0 bridgehead atoms. The van der Waals surface area contributed by atoms with Gasteiger partial charge in [-0.3, -0.25) is 4.21 Å². The van der Waals surface area contributed by atoms with Crippen molar-refractivity contribution in [3.8, 4) is 0 Å². The van der Waals surface area contributed by atoms with Crippen LogP contribution >= 0.6 is 0 Å². The predicted molar refractivity (Wildman–Crippen MR) is 86.2 cm³/mol. The summed E-state index contributed by atoms with van der Waals surface area (Å²) in [5.41, 5.74) is 0.576. The van der Waals surface area contributed by atoms with Crippen LogP contribution in [0.4, 0.5) is 4.79 Å². The fourth-order valence-corrected chi connectivity index (χ4v) is 3.82. The van der Waals surface area contributed by atoms with Gasteiger partial charge >= 0.3 is 6.09 Å². The largest absolute Gasteiger partial charge is 0.444 e. The van der Waals surface area contributed by atoms with Crippen molar-refractivity contribution in [3.63, 3.8) is 0 Å². The topological polar surface area (TPSA) is 59.5 Å². The lowest BCUT2D eigenvalue weighted by atomic mass is 10.1. The van der Waals surface area contributed by atoms with Crippen molar-refractivity contribution >= 4 is 16.9 Å². The number of likely N-dealkylation sites (tertiary alicyclic amines) is 1. The number of ether oxygens (including phenoxy) is 1. The summed E-state index contributed by atoms with van der Waals surface area (Å²) in [6, 6.07) is 3.77. The number of aromatic nitrogens is 1. The summed E-state index contributed by atoms with van der Waals surface area (Å²) < 4.78 is 17.9. The standard InChI is InChI=1S/C16H24N2O3S/c1-12-5-8-17-14(11-12)22(20)13-6-9-18(10-7-13)15(19)21-16(2,3)4/h5,8,11,13H,6-7,9-10H2,1-4H3/t22-/m0/s1. The zero-order chi connectivity index (χ0) is 16.3. The molecule has 0 spiro atoms. The minimum Gasteiger partial charge on any atom is -0.444 e. The molecule has 1 fully saturated rings. The van der Waals surface area contributed by atoms with Gasteiger partial charge in [-0.05, 0) is 58.2 Å². The highest BCUT2D eigenvalue weighted by Gasteiger charge is 2.30. The van der Waals surface area contributed by atoms with Gasteiger partial charge in [0.2, 0.25) is 0 Å². The summed E-state index contributed by atoms with van der Waals surface area (Å²) in [5.74, 6) is 0. The Morgan fingerprint density at radius 1 is 1.36 bits per heavy atom. The number of nitrogens with zero attached hydrogens (tertiary/aromatic N) is 2. The molecule has 2 heterocycles. The van der Waals surface area contributed by atoms with Gasteiger partial charge in [-0.1, -0.05) is 0 Å². The third-order valence-corrected chi connectivity index (χ3v) is 5.21. The van der Waals surface area contributed by atoms with Gasteiger partial charge in [0.1, 0.15) is 10.6 Å². The maximum absolute atomic E-state index is 12.6. The molecule has 1 aliphatic heterocycles. The summed E-state index contributed by atoms with van der Waals surface area (Å²) in [7, 11) is -1.12. The third kappa shape index (κ3) is 4.53. The number of hydrogen-bond acceptors (Lipinski definition) is 4. The fourth-order valence-electron chi connectivity index (χ4n) is 2.37. The van der Waals surface area contributed by atoms with E-state index in [1.54, 1.807) is 11.1 Å². The smallest absolute Gasteiger partial charge is 0.410 e. The molecule has 0 aliphatic carbocycles. The number of carbonyl (C=O) groups is 1. The molecule has 0 saturated carbocycles. The van der Waals surface area contributed by atoms with Crippen LogP contribution in [0.3, 0.4) is 0 Å². The van der Waals surface area contributed by atoms with E-state index in [1.807, 2.05) is 39.8 Å². The van der Waals surface area contributed by atoms with Gasteiger partial charge in [0.15, 0.2) is 0 Å². The third-order valence-electron chi connectivity index (χ3n) is 3.49.